The first-order valence-corrected chi connectivity index (χ1v) is 8.01. The van der Waals surface area contributed by atoms with Gasteiger partial charge in [-0.25, -0.2) is 0 Å². The van der Waals surface area contributed by atoms with Crippen LogP contribution in [-0.2, 0) is 13.5 Å². The molecule has 1 aromatic heterocycles. The lowest BCUT2D eigenvalue weighted by Gasteiger charge is -2.27. The van der Waals surface area contributed by atoms with Gasteiger partial charge in [0.05, 0.1) is 5.69 Å². The molecule has 1 atom stereocenters. The van der Waals surface area contributed by atoms with Crippen molar-refractivity contribution in [3.05, 3.63) is 18.0 Å². The maximum Gasteiger partial charge on any atom is 0.0640 e. The van der Waals surface area contributed by atoms with Crippen LogP contribution < -0.4 is 5.32 Å². The van der Waals surface area contributed by atoms with Gasteiger partial charge < -0.3 is 5.32 Å². The third-order valence-electron chi connectivity index (χ3n) is 4.32. The molecule has 19 heavy (non-hydrogen) atoms. The second-order valence-corrected chi connectivity index (χ2v) is 6.00. The Morgan fingerprint density at radius 1 is 1.32 bits per heavy atom. The van der Waals surface area contributed by atoms with Gasteiger partial charge in [-0.15, -0.1) is 0 Å². The van der Waals surface area contributed by atoms with E-state index in [1.54, 1.807) is 0 Å². The summed E-state index contributed by atoms with van der Waals surface area (Å²) in [4.78, 5) is 0. The van der Waals surface area contributed by atoms with E-state index in [1.165, 1.54) is 50.6 Å². The molecule has 0 radical (unpaired) electrons. The predicted octanol–water partition coefficient (Wildman–Crippen LogP) is 3.30. The Balaban J connectivity index is 1.97. The lowest BCUT2D eigenvalue weighted by molar-refractivity contribution is 0.315. The van der Waals surface area contributed by atoms with Crippen LogP contribution in [0.5, 0.6) is 0 Å². The van der Waals surface area contributed by atoms with E-state index in [0.29, 0.717) is 6.04 Å². The van der Waals surface area contributed by atoms with Crippen molar-refractivity contribution in [3.8, 4) is 0 Å². The van der Waals surface area contributed by atoms with Gasteiger partial charge in [-0.1, -0.05) is 32.6 Å². The van der Waals surface area contributed by atoms with E-state index in [9.17, 15) is 0 Å². The van der Waals surface area contributed by atoms with Crippen LogP contribution in [0.15, 0.2) is 12.3 Å². The Morgan fingerprint density at radius 3 is 2.63 bits per heavy atom. The molecule has 1 aliphatic rings. The molecular weight excluding hydrogens is 234 g/mol. The Morgan fingerprint density at radius 2 is 2.05 bits per heavy atom. The first-order valence-electron chi connectivity index (χ1n) is 8.01. The molecule has 0 aromatic carbocycles. The highest BCUT2D eigenvalue weighted by molar-refractivity contribution is 5.02. The zero-order valence-electron chi connectivity index (χ0n) is 12.6. The monoisotopic (exact) mass is 263 g/mol. The fraction of sp³-hybridized carbons (Fsp3) is 0.812. The summed E-state index contributed by atoms with van der Waals surface area (Å²) in [5.41, 5.74) is 1.24. The van der Waals surface area contributed by atoms with E-state index in [2.05, 4.69) is 29.6 Å². The van der Waals surface area contributed by atoms with Crippen LogP contribution in [0.2, 0.25) is 0 Å². The average Bonchev–Trinajstić information content (AvgIpc) is 2.67. The molecule has 1 N–H and O–H groups in total. The van der Waals surface area contributed by atoms with Crippen molar-refractivity contribution in [2.45, 2.75) is 64.3 Å². The molecule has 1 fully saturated rings. The Labute approximate surface area is 117 Å². The lowest BCUT2D eigenvalue weighted by atomic mass is 9.89. The van der Waals surface area contributed by atoms with Crippen LogP contribution >= 0.6 is 0 Å². The number of aryl methyl sites for hydroxylation is 1. The summed E-state index contributed by atoms with van der Waals surface area (Å²) in [5, 5.41) is 8.33. The smallest absolute Gasteiger partial charge is 0.0640 e. The van der Waals surface area contributed by atoms with Gasteiger partial charge in [-0.05, 0) is 37.8 Å². The van der Waals surface area contributed by atoms with Crippen molar-refractivity contribution in [1.29, 1.82) is 0 Å². The molecule has 3 nitrogen and oxygen atoms in total. The maximum atomic E-state index is 4.55. The third-order valence-corrected chi connectivity index (χ3v) is 4.32. The molecule has 1 unspecified atom stereocenters. The molecule has 0 amide bonds. The topological polar surface area (TPSA) is 29.9 Å². The summed E-state index contributed by atoms with van der Waals surface area (Å²) in [6.07, 6.45) is 12.8. The zero-order valence-corrected chi connectivity index (χ0v) is 12.6. The minimum atomic E-state index is 0.618. The van der Waals surface area contributed by atoms with Crippen LogP contribution in [-0.4, -0.2) is 22.4 Å². The van der Waals surface area contributed by atoms with Gasteiger partial charge in [0.1, 0.15) is 0 Å². The Hall–Kier alpha value is -0.830. The number of aromatic nitrogens is 2. The molecular formula is C16H29N3. The van der Waals surface area contributed by atoms with Crippen molar-refractivity contribution >= 4 is 0 Å². The van der Waals surface area contributed by atoms with Crippen molar-refractivity contribution in [1.82, 2.24) is 15.1 Å². The molecule has 0 bridgehead atoms. The highest BCUT2D eigenvalue weighted by Gasteiger charge is 2.23. The van der Waals surface area contributed by atoms with Gasteiger partial charge >= 0.3 is 0 Å². The van der Waals surface area contributed by atoms with Gasteiger partial charge in [0, 0.05) is 25.7 Å². The predicted molar refractivity (Wildman–Crippen MR) is 80.2 cm³/mol. The fourth-order valence-electron chi connectivity index (χ4n) is 3.25. The molecule has 1 saturated carbocycles. The van der Waals surface area contributed by atoms with Crippen molar-refractivity contribution < 1.29 is 0 Å². The zero-order chi connectivity index (χ0) is 13.5. The molecule has 2 rings (SSSR count). The molecule has 0 spiro atoms. The van der Waals surface area contributed by atoms with E-state index >= 15 is 0 Å². The normalized spacial score (nSPS) is 19.3. The molecule has 1 aliphatic carbocycles. The SMILES string of the molecule is CCCNC(Cc1ccn(C)n1)C1CCCCCC1. The van der Waals surface area contributed by atoms with Crippen LogP contribution in [0.3, 0.4) is 0 Å². The second kappa shape index (κ2) is 7.68. The highest BCUT2D eigenvalue weighted by Crippen LogP contribution is 2.27. The van der Waals surface area contributed by atoms with Crippen molar-refractivity contribution in [2.75, 3.05) is 6.54 Å². The molecule has 0 aliphatic heterocycles. The van der Waals surface area contributed by atoms with E-state index in [1.807, 2.05) is 11.7 Å². The van der Waals surface area contributed by atoms with Crippen molar-refractivity contribution in [3.63, 3.8) is 0 Å². The lowest BCUT2D eigenvalue weighted by Crippen LogP contribution is -2.38. The number of rotatable bonds is 6. The van der Waals surface area contributed by atoms with Crippen molar-refractivity contribution in [2.24, 2.45) is 13.0 Å². The number of hydrogen-bond donors (Lipinski definition) is 1. The van der Waals surface area contributed by atoms with Gasteiger partial charge in [0.25, 0.3) is 0 Å². The molecule has 1 heterocycles. The summed E-state index contributed by atoms with van der Waals surface area (Å²) in [6.45, 7) is 3.38. The van der Waals surface area contributed by atoms with Crippen LogP contribution in [0.1, 0.15) is 57.6 Å². The highest BCUT2D eigenvalue weighted by atomic mass is 15.2. The van der Waals surface area contributed by atoms with Gasteiger partial charge in [0.15, 0.2) is 0 Å². The molecule has 108 valence electrons. The average molecular weight is 263 g/mol. The molecule has 1 aromatic rings. The minimum absolute atomic E-state index is 0.618. The van der Waals surface area contributed by atoms with Gasteiger partial charge in [-0.3, -0.25) is 4.68 Å². The summed E-state index contributed by atoms with van der Waals surface area (Å²) in [6, 6.07) is 2.78. The van der Waals surface area contributed by atoms with Crippen LogP contribution in [0.25, 0.3) is 0 Å². The molecule has 0 saturated heterocycles. The standard InChI is InChI=1S/C16H29N3/c1-3-11-17-16(13-15-10-12-19(2)18-15)14-8-6-4-5-7-9-14/h10,12,14,16-17H,3-9,11,13H2,1-2H3. The third kappa shape index (κ3) is 4.64. The summed E-state index contributed by atoms with van der Waals surface area (Å²) in [5.74, 6) is 0.844. The van der Waals surface area contributed by atoms with Gasteiger partial charge in [-0.2, -0.15) is 5.10 Å². The summed E-state index contributed by atoms with van der Waals surface area (Å²) >= 11 is 0. The quantitative estimate of drug-likeness (QED) is 0.798. The summed E-state index contributed by atoms with van der Waals surface area (Å²) < 4.78 is 1.92. The first-order chi connectivity index (χ1) is 9.29. The van der Waals surface area contributed by atoms with Crippen LogP contribution in [0.4, 0.5) is 0 Å². The Bertz CT molecular complexity index is 351. The fourth-order valence-corrected chi connectivity index (χ4v) is 3.25. The Kier molecular flexibility index (Phi) is 5.90. The van der Waals surface area contributed by atoms with E-state index in [0.717, 1.165) is 18.9 Å². The van der Waals surface area contributed by atoms with Gasteiger partial charge in [0.2, 0.25) is 0 Å². The second-order valence-electron chi connectivity index (χ2n) is 6.00. The number of nitrogens with zero attached hydrogens (tertiary/aromatic N) is 2. The number of nitrogens with one attached hydrogen (secondary N) is 1. The maximum absolute atomic E-state index is 4.55. The van der Waals surface area contributed by atoms with Crippen LogP contribution in [0, 0.1) is 5.92 Å². The largest absolute Gasteiger partial charge is 0.313 e. The van der Waals surface area contributed by atoms with E-state index in [4.69, 9.17) is 0 Å². The van der Waals surface area contributed by atoms with E-state index < -0.39 is 0 Å². The molecule has 3 heteroatoms. The first kappa shape index (κ1) is 14.6. The number of hydrogen-bond acceptors (Lipinski definition) is 2. The minimum Gasteiger partial charge on any atom is -0.313 e. The summed E-state index contributed by atoms with van der Waals surface area (Å²) in [7, 11) is 2.00. The van der Waals surface area contributed by atoms with E-state index in [-0.39, 0.29) is 0 Å².